The second-order valence-corrected chi connectivity index (χ2v) is 7.21. The quantitative estimate of drug-likeness (QED) is 0.420. The third kappa shape index (κ3) is 3.46. The van der Waals surface area contributed by atoms with Gasteiger partial charge in [-0.2, -0.15) is 5.17 Å². The molecule has 0 unspecified atom stereocenters. The minimum Gasteiger partial charge on any atom is -0.397 e. The van der Waals surface area contributed by atoms with E-state index >= 15 is 0 Å². The van der Waals surface area contributed by atoms with Crippen molar-refractivity contribution < 1.29 is 5.21 Å². The summed E-state index contributed by atoms with van der Waals surface area (Å²) in [6.45, 7) is 10.4. The van der Waals surface area contributed by atoms with E-state index in [-0.39, 0.29) is 5.41 Å². The van der Waals surface area contributed by atoms with Crippen LogP contribution in [0.1, 0.15) is 31.9 Å². The van der Waals surface area contributed by atoms with E-state index < -0.39 is 0 Å². The minimum absolute atomic E-state index is 0.0420. The van der Waals surface area contributed by atoms with Crippen LogP contribution in [0.2, 0.25) is 0 Å². The molecule has 3 rings (SSSR count). The fourth-order valence-electron chi connectivity index (χ4n) is 2.69. The number of benzene rings is 2. The van der Waals surface area contributed by atoms with Gasteiger partial charge in [0, 0.05) is 17.1 Å². The molecule has 0 aliphatic carbocycles. The Morgan fingerprint density at radius 1 is 1.16 bits per heavy atom. The van der Waals surface area contributed by atoms with Gasteiger partial charge < -0.3 is 10.7 Å². The number of nitrogens with one attached hydrogen (secondary N) is 2. The van der Waals surface area contributed by atoms with Crippen molar-refractivity contribution in [2.75, 3.05) is 10.9 Å². The van der Waals surface area contributed by atoms with E-state index in [0.29, 0.717) is 17.1 Å². The lowest BCUT2D eigenvalue weighted by molar-refractivity contribution is 0.233. The molecule has 1 heterocycles. The van der Waals surface area contributed by atoms with E-state index in [0.717, 1.165) is 27.2 Å². The van der Waals surface area contributed by atoms with Crippen molar-refractivity contribution in [2.45, 2.75) is 26.2 Å². The van der Waals surface area contributed by atoms with Crippen LogP contribution in [-0.4, -0.2) is 10.2 Å². The second kappa shape index (κ2) is 6.18. The Morgan fingerprint density at radius 3 is 2.64 bits per heavy atom. The van der Waals surface area contributed by atoms with E-state index in [9.17, 15) is 5.21 Å². The molecule has 130 valence electrons. The predicted octanol–water partition coefficient (Wildman–Crippen LogP) is 4.42. The molecular weight excluding hydrogens is 312 g/mol. The first-order valence-corrected chi connectivity index (χ1v) is 8.18. The Hall–Kier alpha value is -2.92. The number of hydrazine groups is 1. The molecule has 0 bridgehead atoms. The van der Waals surface area contributed by atoms with Crippen molar-refractivity contribution in [2.24, 2.45) is 0 Å². The number of fused-ring (bicyclic) bond motifs is 1. The molecular formula is C20H24N4O. The second-order valence-electron chi connectivity index (χ2n) is 7.21. The van der Waals surface area contributed by atoms with Crippen LogP contribution in [0.4, 0.5) is 11.4 Å². The number of nitrogens with zero attached hydrogens (tertiary/aromatic N) is 1. The third-order valence-electron chi connectivity index (χ3n) is 4.27. The largest absolute Gasteiger partial charge is 0.397 e. The van der Waals surface area contributed by atoms with Crippen LogP contribution in [0.5, 0.6) is 0 Å². The average Bonchev–Trinajstić information content (AvgIpc) is 3.01. The summed E-state index contributed by atoms with van der Waals surface area (Å²) in [6.07, 6.45) is 1.89. The van der Waals surface area contributed by atoms with Gasteiger partial charge >= 0.3 is 0 Å². The SMILES string of the molecule is C=C(NN(O)c1cc(C(C)(C)C)ccc1N)c1ccc2[nH]ccc2c1. The molecule has 5 nitrogen and oxygen atoms in total. The highest BCUT2D eigenvalue weighted by molar-refractivity contribution is 5.83. The van der Waals surface area contributed by atoms with Crippen LogP contribution < -0.4 is 16.3 Å². The van der Waals surface area contributed by atoms with Gasteiger partial charge in [0.15, 0.2) is 0 Å². The predicted molar refractivity (Wildman–Crippen MR) is 104 cm³/mol. The summed E-state index contributed by atoms with van der Waals surface area (Å²) < 4.78 is 0. The zero-order chi connectivity index (χ0) is 18.2. The van der Waals surface area contributed by atoms with Gasteiger partial charge in [-0.15, -0.1) is 0 Å². The fourth-order valence-corrected chi connectivity index (χ4v) is 2.69. The molecule has 0 saturated carbocycles. The molecule has 25 heavy (non-hydrogen) atoms. The lowest BCUT2D eigenvalue weighted by Gasteiger charge is -2.25. The summed E-state index contributed by atoms with van der Waals surface area (Å²) in [5, 5.41) is 12.5. The first kappa shape index (κ1) is 16.9. The summed E-state index contributed by atoms with van der Waals surface area (Å²) in [4.78, 5) is 3.15. The molecule has 0 aliphatic heterocycles. The van der Waals surface area contributed by atoms with Gasteiger partial charge in [-0.1, -0.05) is 39.5 Å². The number of hydrogen-bond donors (Lipinski definition) is 4. The van der Waals surface area contributed by atoms with Crippen molar-refractivity contribution in [1.82, 2.24) is 10.4 Å². The monoisotopic (exact) mass is 336 g/mol. The molecule has 5 N–H and O–H groups in total. The Morgan fingerprint density at radius 2 is 1.92 bits per heavy atom. The molecule has 0 atom stereocenters. The number of nitrogens with two attached hydrogens (primary N) is 1. The number of H-pyrrole nitrogens is 1. The number of aromatic amines is 1. The molecule has 0 radical (unpaired) electrons. The van der Waals surface area contributed by atoms with Gasteiger partial charge in [-0.25, -0.2) is 0 Å². The third-order valence-corrected chi connectivity index (χ3v) is 4.27. The molecule has 0 fully saturated rings. The van der Waals surface area contributed by atoms with Crippen molar-refractivity contribution in [3.63, 3.8) is 0 Å². The van der Waals surface area contributed by atoms with Gasteiger partial charge in [0.25, 0.3) is 0 Å². The lowest BCUT2D eigenvalue weighted by Crippen LogP contribution is -2.34. The number of nitrogen functional groups attached to an aromatic ring is 1. The molecule has 5 heteroatoms. The highest BCUT2D eigenvalue weighted by atomic mass is 16.5. The van der Waals surface area contributed by atoms with Crippen molar-refractivity contribution in [3.8, 4) is 0 Å². The molecule has 0 aliphatic rings. The molecule has 2 aromatic carbocycles. The number of rotatable bonds is 4. The van der Waals surface area contributed by atoms with E-state index in [1.54, 1.807) is 6.07 Å². The lowest BCUT2D eigenvalue weighted by atomic mass is 9.86. The highest BCUT2D eigenvalue weighted by Crippen LogP contribution is 2.30. The van der Waals surface area contributed by atoms with Gasteiger partial charge in [-0.3, -0.25) is 10.6 Å². The topological polar surface area (TPSA) is 77.3 Å². The first-order chi connectivity index (χ1) is 11.8. The summed E-state index contributed by atoms with van der Waals surface area (Å²) in [5.74, 6) is 0. The summed E-state index contributed by atoms with van der Waals surface area (Å²) in [7, 11) is 0. The Balaban J connectivity index is 1.83. The van der Waals surface area contributed by atoms with Crippen molar-refractivity contribution in [3.05, 3.63) is 66.4 Å². The smallest absolute Gasteiger partial charge is 0.111 e. The zero-order valence-electron chi connectivity index (χ0n) is 14.8. The standard InChI is InChI=1S/C20H24N4O/c1-13(14-5-8-18-15(11-14)9-10-22-18)23-24(25)19-12-16(20(2,3)4)6-7-17(19)21/h5-12,22-23,25H,1,21H2,2-4H3. The maximum atomic E-state index is 10.5. The molecule has 3 aromatic rings. The number of aromatic nitrogens is 1. The Bertz CT molecular complexity index is 921. The molecule has 0 saturated heterocycles. The van der Waals surface area contributed by atoms with Crippen LogP contribution in [0.3, 0.4) is 0 Å². The van der Waals surface area contributed by atoms with Crippen LogP contribution in [0, 0.1) is 0 Å². The first-order valence-electron chi connectivity index (χ1n) is 8.18. The number of hydrogen-bond acceptors (Lipinski definition) is 4. The van der Waals surface area contributed by atoms with Crippen molar-refractivity contribution in [1.29, 1.82) is 0 Å². The summed E-state index contributed by atoms with van der Waals surface area (Å²) in [6, 6.07) is 13.6. The highest BCUT2D eigenvalue weighted by Gasteiger charge is 2.17. The summed E-state index contributed by atoms with van der Waals surface area (Å²) in [5.41, 5.74) is 13.5. The normalized spacial score (nSPS) is 11.5. The van der Waals surface area contributed by atoms with E-state index in [1.165, 1.54) is 0 Å². The van der Waals surface area contributed by atoms with E-state index in [1.807, 2.05) is 42.6 Å². The van der Waals surface area contributed by atoms with Gasteiger partial charge in [0.1, 0.15) is 5.69 Å². The van der Waals surface area contributed by atoms with Gasteiger partial charge in [0.05, 0.1) is 11.4 Å². The minimum atomic E-state index is -0.0420. The summed E-state index contributed by atoms with van der Waals surface area (Å²) >= 11 is 0. The molecule has 0 amide bonds. The van der Waals surface area contributed by atoms with E-state index in [2.05, 4.69) is 37.8 Å². The average molecular weight is 336 g/mol. The maximum Gasteiger partial charge on any atom is 0.111 e. The molecule has 1 aromatic heterocycles. The maximum absolute atomic E-state index is 10.5. The van der Waals surface area contributed by atoms with Crippen molar-refractivity contribution >= 4 is 28.0 Å². The van der Waals surface area contributed by atoms with Gasteiger partial charge in [0.2, 0.25) is 0 Å². The van der Waals surface area contributed by atoms with Crippen LogP contribution in [0.15, 0.2) is 55.2 Å². The Kier molecular flexibility index (Phi) is 4.18. The van der Waals surface area contributed by atoms with Crippen LogP contribution in [-0.2, 0) is 5.41 Å². The Labute approximate surface area is 147 Å². The van der Waals surface area contributed by atoms with E-state index in [4.69, 9.17) is 5.73 Å². The van der Waals surface area contributed by atoms with Gasteiger partial charge in [-0.05, 0) is 46.9 Å². The van der Waals surface area contributed by atoms with Crippen LogP contribution in [0.25, 0.3) is 16.6 Å². The number of anilines is 2. The molecule has 0 spiro atoms. The zero-order valence-corrected chi connectivity index (χ0v) is 14.8. The fraction of sp³-hybridized carbons (Fsp3) is 0.200. The van der Waals surface area contributed by atoms with Crippen LogP contribution >= 0.6 is 0 Å².